The molecule has 104 valence electrons. The fraction of sp³-hybridized carbons (Fsp3) is 0.200. The number of anilines is 2. The normalized spacial score (nSPS) is 10.4. The van der Waals surface area contributed by atoms with Crippen molar-refractivity contribution in [2.75, 3.05) is 5.32 Å². The van der Waals surface area contributed by atoms with Crippen LogP contribution in [0.15, 0.2) is 24.3 Å². The van der Waals surface area contributed by atoms with Crippen LogP contribution in [0.2, 0.25) is 5.02 Å². The van der Waals surface area contributed by atoms with Crippen LogP contribution in [0.3, 0.4) is 0 Å². The van der Waals surface area contributed by atoms with Gasteiger partial charge >= 0.3 is 0 Å². The van der Waals surface area contributed by atoms with E-state index in [-0.39, 0.29) is 0 Å². The molecule has 20 heavy (non-hydrogen) atoms. The van der Waals surface area contributed by atoms with E-state index in [0.29, 0.717) is 10.0 Å². The standard InChI is InChI=1S/C15H16ClN3S/c1-8-5-4-6-11(16)14(8)19-12-7-9(2)18-10(3)13(12)15(17)20/h4-7H,1-3H3,(H2,17,20)(H,18,19). The Morgan fingerprint density at radius 2 is 2.00 bits per heavy atom. The highest BCUT2D eigenvalue weighted by atomic mass is 35.5. The van der Waals surface area contributed by atoms with Gasteiger partial charge in [-0.2, -0.15) is 0 Å². The molecular formula is C15H16ClN3S. The summed E-state index contributed by atoms with van der Waals surface area (Å²) in [5.74, 6) is 0. The van der Waals surface area contributed by atoms with Crippen LogP contribution in [0.25, 0.3) is 0 Å². The monoisotopic (exact) mass is 305 g/mol. The summed E-state index contributed by atoms with van der Waals surface area (Å²) >= 11 is 11.4. The molecular weight excluding hydrogens is 290 g/mol. The van der Waals surface area contributed by atoms with Gasteiger partial charge in [-0.1, -0.05) is 36.0 Å². The van der Waals surface area contributed by atoms with Crippen molar-refractivity contribution in [1.29, 1.82) is 0 Å². The second kappa shape index (κ2) is 5.77. The molecule has 0 aliphatic carbocycles. The first-order valence-electron chi connectivity index (χ1n) is 6.20. The fourth-order valence-corrected chi connectivity index (χ4v) is 2.69. The largest absolute Gasteiger partial charge is 0.389 e. The molecule has 2 aromatic rings. The van der Waals surface area contributed by atoms with Gasteiger partial charge in [0.2, 0.25) is 0 Å². The molecule has 1 aromatic heterocycles. The molecule has 0 atom stereocenters. The van der Waals surface area contributed by atoms with Gasteiger partial charge < -0.3 is 11.1 Å². The molecule has 0 fully saturated rings. The Labute approximate surface area is 129 Å². The quantitative estimate of drug-likeness (QED) is 0.840. The molecule has 2 rings (SSSR count). The van der Waals surface area contributed by atoms with E-state index >= 15 is 0 Å². The van der Waals surface area contributed by atoms with Crippen molar-refractivity contribution in [1.82, 2.24) is 4.98 Å². The van der Waals surface area contributed by atoms with Crippen LogP contribution < -0.4 is 11.1 Å². The number of nitrogens with zero attached hydrogens (tertiary/aromatic N) is 1. The van der Waals surface area contributed by atoms with E-state index in [9.17, 15) is 0 Å². The number of para-hydroxylation sites is 1. The Morgan fingerprint density at radius 1 is 1.30 bits per heavy atom. The predicted octanol–water partition coefficient (Wildman–Crippen LogP) is 4.04. The number of aryl methyl sites for hydroxylation is 3. The maximum absolute atomic E-state index is 6.25. The summed E-state index contributed by atoms with van der Waals surface area (Å²) in [7, 11) is 0. The van der Waals surface area contributed by atoms with E-state index in [4.69, 9.17) is 29.6 Å². The molecule has 1 heterocycles. The molecule has 0 unspecified atom stereocenters. The number of pyridine rings is 1. The third kappa shape index (κ3) is 2.92. The average Bonchev–Trinajstić information content (AvgIpc) is 2.32. The molecule has 5 heteroatoms. The minimum Gasteiger partial charge on any atom is -0.389 e. The number of halogens is 1. The number of benzene rings is 1. The van der Waals surface area contributed by atoms with Gasteiger partial charge in [-0.25, -0.2) is 0 Å². The summed E-state index contributed by atoms with van der Waals surface area (Å²) in [5.41, 5.74) is 11.0. The lowest BCUT2D eigenvalue weighted by Crippen LogP contribution is -2.15. The van der Waals surface area contributed by atoms with Gasteiger partial charge in [-0.3, -0.25) is 4.98 Å². The highest BCUT2D eigenvalue weighted by molar-refractivity contribution is 7.80. The van der Waals surface area contributed by atoms with Gasteiger partial charge in [0, 0.05) is 11.4 Å². The molecule has 0 aliphatic heterocycles. The second-order valence-corrected chi connectivity index (χ2v) is 5.54. The molecule has 0 amide bonds. The van der Waals surface area contributed by atoms with Crippen LogP contribution in [0.5, 0.6) is 0 Å². The Bertz CT molecular complexity index is 663. The Kier molecular flexibility index (Phi) is 4.26. The summed E-state index contributed by atoms with van der Waals surface area (Å²) in [6.07, 6.45) is 0. The van der Waals surface area contributed by atoms with E-state index in [0.717, 1.165) is 33.9 Å². The maximum Gasteiger partial charge on any atom is 0.107 e. The van der Waals surface area contributed by atoms with Crippen molar-refractivity contribution in [3.8, 4) is 0 Å². The van der Waals surface area contributed by atoms with Gasteiger partial charge in [0.15, 0.2) is 0 Å². The summed E-state index contributed by atoms with van der Waals surface area (Å²) in [6, 6.07) is 7.68. The first kappa shape index (κ1) is 14.8. The van der Waals surface area contributed by atoms with Crippen molar-refractivity contribution in [2.24, 2.45) is 5.73 Å². The lowest BCUT2D eigenvalue weighted by molar-refractivity contribution is 1.11. The van der Waals surface area contributed by atoms with Crippen molar-refractivity contribution < 1.29 is 0 Å². The second-order valence-electron chi connectivity index (χ2n) is 4.69. The van der Waals surface area contributed by atoms with Crippen molar-refractivity contribution in [2.45, 2.75) is 20.8 Å². The Balaban J connectivity index is 2.56. The maximum atomic E-state index is 6.25. The van der Waals surface area contributed by atoms with E-state index in [2.05, 4.69) is 10.3 Å². The number of nitrogens with two attached hydrogens (primary N) is 1. The summed E-state index contributed by atoms with van der Waals surface area (Å²) in [4.78, 5) is 4.72. The van der Waals surface area contributed by atoms with E-state index in [1.807, 2.05) is 45.0 Å². The summed E-state index contributed by atoms with van der Waals surface area (Å²) in [5, 5.41) is 3.99. The SMILES string of the molecule is Cc1cc(Nc2c(C)cccc2Cl)c(C(N)=S)c(C)n1. The minimum atomic E-state index is 0.321. The number of aromatic nitrogens is 1. The zero-order chi connectivity index (χ0) is 14.9. The molecule has 0 bridgehead atoms. The fourth-order valence-electron chi connectivity index (χ4n) is 2.16. The molecule has 3 nitrogen and oxygen atoms in total. The van der Waals surface area contributed by atoms with Crippen molar-refractivity contribution >= 4 is 40.2 Å². The highest BCUT2D eigenvalue weighted by Gasteiger charge is 2.13. The van der Waals surface area contributed by atoms with Gasteiger partial charge in [0.25, 0.3) is 0 Å². The van der Waals surface area contributed by atoms with Gasteiger partial charge in [0.1, 0.15) is 4.99 Å². The average molecular weight is 306 g/mol. The van der Waals surface area contributed by atoms with Gasteiger partial charge in [-0.05, 0) is 38.5 Å². The lowest BCUT2D eigenvalue weighted by atomic mass is 10.1. The van der Waals surface area contributed by atoms with Crippen LogP contribution in [0.1, 0.15) is 22.5 Å². The van der Waals surface area contributed by atoms with Crippen molar-refractivity contribution in [3.63, 3.8) is 0 Å². The minimum absolute atomic E-state index is 0.321. The van der Waals surface area contributed by atoms with E-state index in [1.54, 1.807) is 0 Å². The van der Waals surface area contributed by atoms with E-state index < -0.39 is 0 Å². The number of hydrogen-bond acceptors (Lipinski definition) is 3. The third-order valence-corrected chi connectivity index (χ3v) is 3.58. The first-order valence-corrected chi connectivity index (χ1v) is 6.99. The van der Waals surface area contributed by atoms with Crippen LogP contribution in [0, 0.1) is 20.8 Å². The third-order valence-electron chi connectivity index (χ3n) is 3.06. The molecule has 0 saturated carbocycles. The molecule has 0 spiro atoms. The first-order chi connectivity index (χ1) is 9.40. The Morgan fingerprint density at radius 3 is 2.60 bits per heavy atom. The van der Waals surface area contributed by atoms with Crippen LogP contribution in [-0.4, -0.2) is 9.97 Å². The number of thiocarbonyl (C=S) groups is 1. The van der Waals surface area contributed by atoms with E-state index in [1.165, 1.54) is 0 Å². The molecule has 3 N–H and O–H groups in total. The number of hydrogen-bond donors (Lipinski definition) is 2. The zero-order valence-electron chi connectivity index (χ0n) is 11.6. The lowest BCUT2D eigenvalue weighted by Gasteiger charge is -2.16. The van der Waals surface area contributed by atoms with Crippen LogP contribution in [0.4, 0.5) is 11.4 Å². The number of nitrogens with one attached hydrogen (secondary N) is 1. The predicted molar refractivity (Wildman–Crippen MR) is 89.1 cm³/mol. The van der Waals surface area contributed by atoms with Crippen LogP contribution in [-0.2, 0) is 0 Å². The topological polar surface area (TPSA) is 50.9 Å². The van der Waals surface area contributed by atoms with Crippen LogP contribution >= 0.6 is 23.8 Å². The van der Waals surface area contributed by atoms with Crippen molar-refractivity contribution in [3.05, 3.63) is 51.8 Å². The summed E-state index contributed by atoms with van der Waals surface area (Å²) in [6.45, 7) is 5.82. The molecule has 0 aliphatic rings. The number of rotatable bonds is 3. The molecule has 0 radical (unpaired) electrons. The summed E-state index contributed by atoms with van der Waals surface area (Å²) < 4.78 is 0. The molecule has 1 aromatic carbocycles. The van der Waals surface area contributed by atoms with Gasteiger partial charge in [0.05, 0.1) is 22.0 Å². The Hall–Kier alpha value is -1.65. The highest BCUT2D eigenvalue weighted by Crippen LogP contribution is 2.31. The molecule has 0 saturated heterocycles. The smallest absolute Gasteiger partial charge is 0.107 e. The zero-order valence-corrected chi connectivity index (χ0v) is 13.2. The van der Waals surface area contributed by atoms with Gasteiger partial charge in [-0.15, -0.1) is 0 Å².